The molecule has 4 nitrogen and oxygen atoms in total. The summed E-state index contributed by atoms with van der Waals surface area (Å²) in [5, 5.41) is 3.37. The second kappa shape index (κ2) is 5.02. The molecule has 1 saturated carbocycles. The van der Waals surface area contributed by atoms with Crippen LogP contribution in [0.3, 0.4) is 0 Å². The minimum Gasteiger partial charge on any atom is -0.345 e. The molecule has 1 unspecified atom stereocenters. The van der Waals surface area contributed by atoms with Gasteiger partial charge in [-0.25, -0.2) is 0 Å². The van der Waals surface area contributed by atoms with Crippen LogP contribution in [0.4, 0.5) is 0 Å². The summed E-state index contributed by atoms with van der Waals surface area (Å²) in [4.78, 5) is 26.4. The van der Waals surface area contributed by atoms with E-state index in [1.54, 1.807) is 4.90 Å². The fraction of sp³-hybridized carbons (Fsp3) is 0.500. The highest BCUT2D eigenvalue weighted by molar-refractivity contribution is 6.31. The number of amides is 2. The Balaban J connectivity index is 1.93. The fourth-order valence-electron chi connectivity index (χ4n) is 3.07. The topological polar surface area (TPSA) is 49.4 Å². The fourth-order valence-corrected chi connectivity index (χ4v) is 3.36. The third-order valence-electron chi connectivity index (χ3n) is 4.63. The van der Waals surface area contributed by atoms with Crippen LogP contribution in [0.25, 0.3) is 0 Å². The SMILES string of the molecule is Cc1ccc(CN2C(=O)CNC(=O)C2(C)C2CC2)c(Cl)c1. The lowest BCUT2D eigenvalue weighted by molar-refractivity contribution is -0.155. The van der Waals surface area contributed by atoms with Gasteiger partial charge in [0, 0.05) is 11.6 Å². The average Bonchev–Trinajstić information content (AvgIpc) is 3.26. The Bertz CT molecular complexity index is 612. The molecule has 0 aromatic heterocycles. The highest BCUT2D eigenvalue weighted by Gasteiger charge is 2.54. The molecule has 2 aliphatic rings. The summed E-state index contributed by atoms with van der Waals surface area (Å²) in [6, 6.07) is 5.80. The van der Waals surface area contributed by atoms with Crippen LogP contribution in [0.5, 0.6) is 0 Å². The third kappa shape index (κ3) is 2.42. The van der Waals surface area contributed by atoms with E-state index in [4.69, 9.17) is 11.6 Å². The molecule has 0 spiro atoms. The van der Waals surface area contributed by atoms with Crippen molar-refractivity contribution in [3.63, 3.8) is 0 Å². The smallest absolute Gasteiger partial charge is 0.246 e. The van der Waals surface area contributed by atoms with Crippen LogP contribution in [0.2, 0.25) is 5.02 Å². The molecule has 1 heterocycles. The number of hydrogen-bond donors (Lipinski definition) is 1. The number of carbonyl (C=O) groups excluding carboxylic acids is 2. The van der Waals surface area contributed by atoms with Crippen molar-refractivity contribution in [3.05, 3.63) is 34.3 Å². The maximum Gasteiger partial charge on any atom is 0.246 e. The first-order valence-electron chi connectivity index (χ1n) is 7.26. The van der Waals surface area contributed by atoms with E-state index in [2.05, 4.69) is 5.32 Å². The number of benzene rings is 1. The van der Waals surface area contributed by atoms with Gasteiger partial charge in [0.2, 0.25) is 11.8 Å². The van der Waals surface area contributed by atoms with Crippen LogP contribution in [0.15, 0.2) is 18.2 Å². The summed E-state index contributed by atoms with van der Waals surface area (Å²) in [6.07, 6.45) is 1.99. The zero-order valence-corrected chi connectivity index (χ0v) is 13.0. The first kappa shape index (κ1) is 14.4. The molecule has 1 aromatic carbocycles. The summed E-state index contributed by atoms with van der Waals surface area (Å²) in [5.41, 5.74) is 1.22. The van der Waals surface area contributed by atoms with Crippen LogP contribution >= 0.6 is 11.6 Å². The van der Waals surface area contributed by atoms with Crippen molar-refractivity contribution >= 4 is 23.4 Å². The predicted molar refractivity (Wildman–Crippen MR) is 80.9 cm³/mol. The van der Waals surface area contributed by atoms with Crippen LogP contribution in [0.1, 0.15) is 30.9 Å². The molecule has 1 aliphatic heterocycles. The maximum absolute atomic E-state index is 12.3. The van der Waals surface area contributed by atoms with Gasteiger partial charge in [-0.2, -0.15) is 0 Å². The van der Waals surface area contributed by atoms with Gasteiger partial charge < -0.3 is 10.2 Å². The Hall–Kier alpha value is -1.55. The standard InChI is InChI=1S/C16H19ClN2O2/c1-10-3-4-11(13(17)7-10)9-19-14(20)8-18-15(21)16(19,2)12-5-6-12/h3-4,7,12H,5-6,8-9H2,1-2H3,(H,18,21). The predicted octanol–water partition coefficient (Wildman–Crippen LogP) is 2.28. The molecule has 21 heavy (non-hydrogen) atoms. The van der Waals surface area contributed by atoms with E-state index in [1.807, 2.05) is 32.0 Å². The molecular formula is C16H19ClN2O2. The minimum absolute atomic E-state index is 0.0411. The largest absolute Gasteiger partial charge is 0.345 e. The number of nitrogens with one attached hydrogen (secondary N) is 1. The molecule has 3 rings (SSSR count). The number of hydrogen-bond acceptors (Lipinski definition) is 2. The van der Waals surface area contributed by atoms with Crippen LogP contribution in [0, 0.1) is 12.8 Å². The number of aryl methyl sites for hydroxylation is 1. The Kier molecular flexibility index (Phi) is 3.44. The number of nitrogens with zero attached hydrogens (tertiary/aromatic N) is 1. The number of halogens is 1. The maximum atomic E-state index is 12.3. The molecule has 1 N–H and O–H groups in total. The molecule has 0 bridgehead atoms. The van der Waals surface area contributed by atoms with Crippen molar-refractivity contribution < 1.29 is 9.59 Å². The molecular weight excluding hydrogens is 288 g/mol. The van der Waals surface area contributed by atoms with Gasteiger partial charge in [0.25, 0.3) is 0 Å². The van der Waals surface area contributed by atoms with E-state index in [-0.39, 0.29) is 24.3 Å². The molecule has 112 valence electrons. The van der Waals surface area contributed by atoms with E-state index in [9.17, 15) is 9.59 Å². The second-order valence-corrected chi connectivity index (χ2v) is 6.59. The van der Waals surface area contributed by atoms with Crippen molar-refractivity contribution in [2.75, 3.05) is 6.54 Å². The van der Waals surface area contributed by atoms with Crippen molar-refractivity contribution in [3.8, 4) is 0 Å². The van der Waals surface area contributed by atoms with E-state index in [0.29, 0.717) is 11.6 Å². The van der Waals surface area contributed by atoms with Gasteiger partial charge in [0.15, 0.2) is 0 Å². The molecule has 5 heteroatoms. The van der Waals surface area contributed by atoms with Crippen molar-refractivity contribution in [1.82, 2.24) is 10.2 Å². The van der Waals surface area contributed by atoms with Gasteiger partial charge in [-0.05, 0) is 49.8 Å². The summed E-state index contributed by atoms with van der Waals surface area (Å²) < 4.78 is 0. The Morgan fingerprint density at radius 3 is 2.71 bits per heavy atom. The highest BCUT2D eigenvalue weighted by Crippen LogP contribution is 2.45. The first-order valence-corrected chi connectivity index (χ1v) is 7.64. The third-order valence-corrected chi connectivity index (χ3v) is 4.98. The van der Waals surface area contributed by atoms with Gasteiger partial charge in [-0.15, -0.1) is 0 Å². The lowest BCUT2D eigenvalue weighted by Gasteiger charge is -2.44. The monoisotopic (exact) mass is 306 g/mol. The summed E-state index contributed by atoms with van der Waals surface area (Å²) in [5.74, 6) is 0.166. The first-order chi connectivity index (χ1) is 9.92. The molecule has 2 fully saturated rings. The molecule has 1 saturated heterocycles. The second-order valence-electron chi connectivity index (χ2n) is 6.18. The number of carbonyl (C=O) groups is 2. The molecule has 0 radical (unpaired) electrons. The van der Waals surface area contributed by atoms with Crippen molar-refractivity contribution in [2.24, 2.45) is 5.92 Å². The van der Waals surface area contributed by atoms with Gasteiger partial charge in [-0.3, -0.25) is 9.59 Å². The number of piperazine rings is 1. The highest BCUT2D eigenvalue weighted by atomic mass is 35.5. The van der Waals surface area contributed by atoms with Gasteiger partial charge >= 0.3 is 0 Å². The molecule has 1 aromatic rings. The Morgan fingerprint density at radius 2 is 2.10 bits per heavy atom. The average molecular weight is 307 g/mol. The Morgan fingerprint density at radius 1 is 1.38 bits per heavy atom. The van der Waals surface area contributed by atoms with Gasteiger partial charge in [0.1, 0.15) is 5.54 Å². The van der Waals surface area contributed by atoms with Crippen LogP contribution in [-0.4, -0.2) is 28.8 Å². The molecule has 1 aliphatic carbocycles. The quantitative estimate of drug-likeness (QED) is 0.931. The lowest BCUT2D eigenvalue weighted by atomic mass is 9.89. The molecule has 2 amide bonds. The van der Waals surface area contributed by atoms with E-state index < -0.39 is 5.54 Å². The van der Waals surface area contributed by atoms with E-state index >= 15 is 0 Å². The zero-order valence-electron chi connectivity index (χ0n) is 12.3. The Labute approximate surface area is 129 Å². The van der Waals surface area contributed by atoms with Gasteiger partial charge in [-0.1, -0.05) is 23.7 Å². The lowest BCUT2D eigenvalue weighted by Crippen LogP contribution is -2.66. The summed E-state index contributed by atoms with van der Waals surface area (Å²) >= 11 is 6.28. The zero-order chi connectivity index (χ0) is 15.2. The minimum atomic E-state index is -0.746. The summed E-state index contributed by atoms with van der Waals surface area (Å²) in [6.45, 7) is 4.31. The molecule has 1 atom stereocenters. The van der Waals surface area contributed by atoms with E-state index in [0.717, 1.165) is 24.0 Å². The van der Waals surface area contributed by atoms with Crippen LogP contribution in [-0.2, 0) is 16.1 Å². The van der Waals surface area contributed by atoms with Crippen molar-refractivity contribution in [1.29, 1.82) is 0 Å². The van der Waals surface area contributed by atoms with E-state index in [1.165, 1.54) is 0 Å². The van der Waals surface area contributed by atoms with Crippen molar-refractivity contribution in [2.45, 2.75) is 38.8 Å². The number of rotatable bonds is 3. The summed E-state index contributed by atoms with van der Waals surface area (Å²) in [7, 11) is 0. The van der Waals surface area contributed by atoms with Gasteiger partial charge in [0.05, 0.1) is 6.54 Å². The van der Waals surface area contributed by atoms with Crippen LogP contribution < -0.4 is 5.32 Å². The normalized spacial score (nSPS) is 26.0.